The van der Waals surface area contributed by atoms with Gasteiger partial charge in [0.2, 0.25) is 5.91 Å². The standard InChI is InChI=1S/C25H23N5O2S/c31-22(27-18-8-2-1-3-9-18)17-30-24(23(28-25(30)33)20-11-4-5-13-26-20)21-12-6-14-29(21)16-19-10-7-15-32-19/h1-15,23-24H,16-17H2,(H,27,31)(H,28,33)/t23-,24-/m0/s1. The second-order valence-corrected chi connectivity index (χ2v) is 8.20. The number of hydrogen-bond acceptors (Lipinski definition) is 4. The number of carbonyl (C=O) groups excluding carboxylic acids is 1. The van der Waals surface area contributed by atoms with Gasteiger partial charge in [-0.25, -0.2) is 0 Å². The molecule has 8 heteroatoms. The van der Waals surface area contributed by atoms with Crippen molar-refractivity contribution in [1.82, 2.24) is 19.8 Å². The molecule has 0 aliphatic carbocycles. The summed E-state index contributed by atoms with van der Waals surface area (Å²) in [4.78, 5) is 19.4. The molecule has 1 amide bonds. The lowest BCUT2D eigenvalue weighted by molar-refractivity contribution is -0.116. The molecule has 4 aromatic rings. The van der Waals surface area contributed by atoms with E-state index in [1.54, 1.807) is 12.5 Å². The molecule has 33 heavy (non-hydrogen) atoms. The zero-order valence-electron chi connectivity index (χ0n) is 17.8. The third kappa shape index (κ3) is 4.51. The van der Waals surface area contributed by atoms with Gasteiger partial charge in [0.15, 0.2) is 5.11 Å². The molecular formula is C25H23N5O2S. The molecule has 3 aromatic heterocycles. The highest BCUT2D eigenvalue weighted by Crippen LogP contribution is 2.38. The summed E-state index contributed by atoms with van der Waals surface area (Å²) >= 11 is 5.69. The van der Waals surface area contributed by atoms with E-state index >= 15 is 0 Å². The van der Waals surface area contributed by atoms with Crippen LogP contribution in [0.2, 0.25) is 0 Å². The molecule has 1 aromatic carbocycles. The minimum absolute atomic E-state index is 0.112. The maximum absolute atomic E-state index is 12.9. The molecule has 2 atom stereocenters. The molecule has 1 fully saturated rings. The number of anilines is 1. The third-order valence-electron chi connectivity index (χ3n) is 5.64. The molecule has 1 aliphatic heterocycles. The first kappa shape index (κ1) is 21.0. The molecule has 0 saturated carbocycles. The number of benzene rings is 1. The minimum atomic E-state index is -0.223. The highest BCUT2D eigenvalue weighted by molar-refractivity contribution is 7.80. The van der Waals surface area contributed by atoms with E-state index in [1.165, 1.54) is 0 Å². The van der Waals surface area contributed by atoms with Crippen LogP contribution >= 0.6 is 12.2 Å². The summed E-state index contributed by atoms with van der Waals surface area (Å²) in [5.41, 5.74) is 2.63. The van der Waals surface area contributed by atoms with Gasteiger partial charge < -0.3 is 24.5 Å². The van der Waals surface area contributed by atoms with Crippen molar-refractivity contribution in [2.24, 2.45) is 0 Å². The number of thiocarbonyl (C=S) groups is 1. The number of hydrogen-bond donors (Lipinski definition) is 2. The van der Waals surface area contributed by atoms with Gasteiger partial charge in [0.1, 0.15) is 12.3 Å². The largest absolute Gasteiger partial charge is 0.467 e. The Morgan fingerprint density at radius 1 is 1.06 bits per heavy atom. The maximum Gasteiger partial charge on any atom is 0.244 e. The number of para-hydroxylation sites is 1. The molecule has 1 saturated heterocycles. The Bertz CT molecular complexity index is 1220. The van der Waals surface area contributed by atoms with Gasteiger partial charge in [-0.2, -0.15) is 0 Å². The molecule has 7 nitrogen and oxygen atoms in total. The molecular weight excluding hydrogens is 434 g/mol. The Balaban J connectivity index is 1.46. The summed E-state index contributed by atoms with van der Waals surface area (Å²) < 4.78 is 7.68. The van der Waals surface area contributed by atoms with Crippen LogP contribution in [0.3, 0.4) is 0 Å². The molecule has 0 unspecified atom stereocenters. The minimum Gasteiger partial charge on any atom is -0.467 e. The van der Waals surface area contributed by atoms with E-state index in [4.69, 9.17) is 16.6 Å². The van der Waals surface area contributed by atoms with Crippen LogP contribution in [0.25, 0.3) is 0 Å². The van der Waals surface area contributed by atoms with Crippen LogP contribution in [0.1, 0.15) is 29.2 Å². The molecule has 0 bridgehead atoms. The number of amides is 1. The molecule has 166 valence electrons. The number of pyridine rings is 1. The lowest BCUT2D eigenvalue weighted by Gasteiger charge is -2.28. The fraction of sp³-hybridized carbons (Fsp3) is 0.160. The topological polar surface area (TPSA) is 75.3 Å². The van der Waals surface area contributed by atoms with Crippen LogP contribution in [0.5, 0.6) is 0 Å². The molecule has 0 radical (unpaired) electrons. The summed E-state index contributed by atoms with van der Waals surface area (Å²) in [5.74, 6) is 0.713. The Labute approximate surface area is 197 Å². The highest BCUT2D eigenvalue weighted by Gasteiger charge is 2.41. The Hall–Kier alpha value is -3.91. The Morgan fingerprint density at radius 2 is 1.91 bits per heavy atom. The van der Waals surface area contributed by atoms with Crippen molar-refractivity contribution in [3.63, 3.8) is 0 Å². The van der Waals surface area contributed by atoms with E-state index in [-0.39, 0.29) is 24.5 Å². The number of nitrogens with zero attached hydrogens (tertiary/aromatic N) is 3. The number of aromatic nitrogens is 2. The average Bonchev–Trinajstić information content (AvgIpc) is 3.57. The molecule has 0 spiro atoms. The van der Waals surface area contributed by atoms with Crippen molar-refractivity contribution in [3.05, 3.63) is 109 Å². The summed E-state index contributed by atoms with van der Waals surface area (Å²) in [6.45, 7) is 0.693. The van der Waals surface area contributed by atoms with Gasteiger partial charge in [-0.15, -0.1) is 0 Å². The number of carbonyl (C=O) groups is 1. The van der Waals surface area contributed by atoms with E-state index in [1.807, 2.05) is 77.8 Å². The first-order valence-corrected chi connectivity index (χ1v) is 11.1. The van der Waals surface area contributed by atoms with E-state index in [9.17, 15) is 4.79 Å². The maximum atomic E-state index is 12.9. The van der Waals surface area contributed by atoms with Crippen LogP contribution in [-0.2, 0) is 11.3 Å². The number of furan rings is 1. The predicted octanol–water partition coefficient (Wildman–Crippen LogP) is 4.14. The normalized spacial score (nSPS) is 17.7. The smallest absolute Gasteiger partial charge is 0.244 e. The van der Waals surface area contributed by atoms with Crippen LogP contribution in [0, 0.1) is 0 Å². The van der Waals surface area contributed by atoms with Gasteiger partial charge in [0.25, 0.3) is 0 Å². The second kappa shape index (κ2) is 9.30. The third-order valence-corrected chi connectivity index (χ3v) is 6.00. The SMILES string of the molecule is O=C(CN1C(=S)N[C@@H](c2ccccn2)[C@@H]1c1cccn1Cc1ccco1)Nc1ccccc1. The molecule has 1 aliphatic rings. The first-order valence-electron chi connectivity index (χ1n) is 10.7. The Kier molecular flexibility index (Phi) is 5.91. The van der Waals surface area contributed by atoms with Crippen molar-refractivity contribution < 1.29 is 9.21 Å². The monoisotopic (exact) mass is 457 g/mol. The molecule has 5 rings (SSSR count). The summed E-state index contributed by atoms with van der Waals surface area (Å²) in [6, 6.07) is 22.7. The quantitative estimate of drug-likeness (QED) is 0.407. The van der Waals surface area contributed by atoms with Crippen LogP contribution in [0.4, 0.5) is 5.69 Å². The summed E-state index contributed by atoms with van der Waals surface area (Å²) in [5, 5.41) is 6.87. The van der Waals surface area contributed by atoms with Crippen molar-refractivity contribution in [3.8, 4) is 0 Å². The van der Waals surface area contributed by atoms with Crippen molar-refractivity contribution in [2.75, 3.05) is 11.9 Å². The van der Waals surface area contributed by atoms with E-state index in [0.29, 0.717) is 11.7 Å². The van der Waals surface area contributed by atoms with Crippen molar-refractivity contribution in [2.45, 2.75) is 18.6 Å². The summed E-state index contributed by atoms with van der Waals surface area (Å²) in [7, 11) is 0. The van der Waals surface area contributed by atoms with E-state index in [2.05, 4.69) is 26.3 Å². The van der Waals surface area contributed by atoms with Crippen LogP contribution in [-0.4, -0.2) is 32.0 Å². The van der Waals surface area contributed by atoms with Crippen molar-refractivity contribution >= 4 is 28.9 Å². The lowest BCUT2D eigenvalue weighted by Crippen LogP contribution is -2.37. The van der Waals surface area contributed by atoms with Gasteiger partial charge in [-0.1, -0.05) is 24.3 Å². The highest BCUT2D eigenvalue weighted by atomic mass is 32.1. The van der Waals surface area contributed by atoms with E-state index < -0.39 is 0 Å². The number of nitrogens with one attached hydrogen (secondary N) is 2. The van der Waals surface area contributed by atoms with Gasteiger partial charge in [0, 0.05) is 23.8 Å². The average molecular weight is 458 g/mol. The van der Waals surface area contributed by atoms with Gasteiger partial charge >= 0.3 is 0 Å². The van der Waals surface area contributed by atoms with Gasteiger partial charge in [-0.3, -0.25) is 9.78 Å². The zero-order valence-corrected chi connectivity index (χ0v) is 18.6. The van der Waals surface area contributed by atoms with Gasteiger partial charge in [-0.05, 0) is 60.7 Å². The van der Waals surface area contributed by atoms with Crippen LogP contribution in [0.15, 0.2) is 95.9 Å². The van der Waals surface area contributed by atoms with Crippen molar-refractivity contribution in [1.29, 1.82) is 0 Å². The van der Waals surface area contributed by atoms with Crippen LogP contribution < -0.4 is 10.6 Å². The predicted molar refractivity (Wildman–Crippen MR) is 129 cm³/mol. The number of rotatable bonds is 7. The zero-order chi connectivity index (χ0) is 22.6. The summed E-state index contributed by atoms with van der Waals surface area (Å²) in [6.07, 6.45) is 5.45. The Morgan fingerprint density at radius 3 is 2.67 bits per heavy atom. The fourth-order valence-electron chi connectivity index (χ4n) is 4.18. The van der Waals surface area contributed by atoms with E-state index in [0.717, 1.165) is 22.8 Å². The lowest BCUT2D eigenvalue weighted by atomic mass is 10.0. The van der Waals surface area contributed by atoms with Gasteiger partial charge in [0.05, 0.1) is 30.6 Å². The molecule has 2 N–H and O–H groups in total. The second-order valence-electron chi connectivity index (χ2n) is 7.81. The first-order chi connectivity index (χ1) is 16.2. The fourth-order valence-corrected chi connectivity index (χ4v) is 4.49. The molecule has 4 heterocycles.